The largest absolute Gasteiger partial charge is 0.344 e. The monoisotopic (exact) mass is 310 g/mol. The van der Waals surface area contributed by atoms with Gasteiger partial charge in [-0.05, 0) is 31.5 Å². The van der Waals surface area contributed by atoms with E-state index in [4.69, 9.17) is 11.6 Å². The fourth-order valence-corrected chi connectivity index (χ4v) is 2.04. The van der Waals surface area contributed by atoms with E-state index < -0.39 is 23.5 Å². The Labute approximate surface area is 126 Å². The number of benzene rings is 1. The van der Waals surface area contributed by atoms with Gasteiger partial charge in [0.2, 0.25) is 0 Å². The molecular formula is C13H15ClN4O3. The number of halogens is 1. The predicted molar refractivity (Wildman–Crippen MR) is 77.7 cm³/mol. The third kappa shape index (κ3) is 3.08. The van der Waals surface area contributed by atoms with Crippen LogP contribution in [-0.4, -0.2) is 28.5 Å². The minimum Gasteiger partial charge on any atom is -0.322 e. The van der Waals surface area contributed by atoms with Gasteiger partial charge in [0.15, 0.2) is 0 Å². The van der Waals surface area contributed by atoms with Gasteiger partial charge in [-0.2, -0.15) is 5.01 Å². The van der Waals surface area contributed by atoms with Gasteiger partial charge >= 0.3 is 12.1 Å². The summed E-state index contributed by atoms with van der Waals surface area (Å²) in [5, 5.41) is 6.15. The summed E-state index contributed by atoms with van der Waals surface area (Å²) >= 11 is 5.80. The molecule has 0 radical (unpaired) electrons. The number of hydrogen-bond acceptors (Lipinski definition) is 3. The third-order valence-electron chi connectivity index (χ3n) is 3.26. The highest BCUT2D eigenvalue weighted by molar-refractivity contribution is 6.30. The van der Waals surface area contributed by atoms with Crippen molar-refractivity contribution in [2.45, 2.75) is 25.8 Å². The highest BCUT2D eigenvalue weighted by atomic mass is 35.5. The van der Waals surface area contributed by atoms with Crippen LogP contribution in [0.25, 0.3) is 0 Å². The average molecular weight is 311 g/mol. The van der Waals surface area contributed by atoms with Crippen LogP contribution >= 0.6 is 11.6 Å². The van der Waals surface area contributed by atoms with E-state index in [0.717, 1.165) is 0 Å². The molecule has 1 aromatic rings. The van der Waals surface area contributed by atoms with Crippen LogP contribution in [0.4, 0.5) is 15.3 Å². The van der Waals surface area contributed by atoms with Gasteiger partial charge < -0.3 is 10.6 Å². The van der Waals surface area contributed by atoms with E-state index in [1.807, 2.05) is 0 Å². The fraction of sp³-hybridized carbons (Fsp3) is 0.308. The van der Waals surface area contributed by atoms with Crippen molar-refractivity contribution in [3.05, 3.63) is 29.3 Å². The van der Waals surface area contributed by atoms with Crippen LogP contribution in [0, 0.1) is 0 Å². The molecule has 1 aliphatic rings. The summed E-state index contributed by atoms with van der Waals surface area (Å²) < 4.78 is 0. The van der Waals surface area contributed by atoms with Gasteiger partial charge in [-0.15, -0.1) is 0 Å². The fourth-order valence-electron chi connectivity index (χ4n) is 1.85. The molecule has 1 atom stereocenters. The van der Waals surface area contributed by atoms with Crippen molar-refractivity contribution in [2.75, 3.05) is 5.32 Å². The first kappa shape index (κ1) is 15.1. The quantitative estimate of drug-likeness (QED) is 0.747. The van der Waals surface area contributed by atoms with Crippen LogP contribution in [0.3, 0.4) is 0 Å². The molecule has 0 saturated carbocycles. The van der Waals surface area contributed by atoms with Crippen LogP contribution in [0.2, 0.25) is 5.02 Å². The lowest BCUT2D eigenvalue weighted by atomic mass is 10.00. The normalized spacial score (nSPS) is 21.2. The van der Waals surface area contributed by atoms with E-state index in [1.54, 1.807) is 38.1 Å². The second kappa shape index (κ2) is 5.61. The Kier molecular flexibility index (Phi) is 4.04. The highest BCUT2D eigenvalue weighted by Gasteiger charge is 2.47. The summed E-state index contributed by atoms with van der Waals surface area (Å²) in [6.45, 7) is 3.37. The zero-order valence-corrected chi connectivity index (χ0v) is 12.3. The van der Waals surface area contributed by atoms with E-state index in [2.05, 4.69) is 16.1 Å². The van der Waals surface area contributed by atoms with Crippen LogP contribution in [0.5, 0.6) is 0 Å². The first-order chi connectivity index (χ1) is 9.85. The van der Waals surface area contributed by atoms with Crippen LogP contribution in [0.15, 0.2) is 24.3 Å². The molecule has 0 unspecified atom stereocenters. The maximum absolute atomic E-state index is 12.1. The molecule has 1 saturated heterocycles. The average Bonchev–Trinajstić information content (AvgIpc) is 2.63. The molecule has 2 rings (SSSR count). The van der Waals surface area contributed by atoms with Crippen molar-refractivity contribution in [1.82, 2.24) is 15.8 Å². The zero-order valence-electron chi connectivity index (χ0n) is 11.6. The van der Waals surface area contributed by atoms with E-state index in [1.165, 1.54) is 0 Å². The second-order valence-corrected chi connectivity index (χ2v) is 5.27. The van der Waals surface area contributed by atoms with Crippen molar-refractivity contribution >= 4 is 35.3 Å². The number of nitrogens with one attached hydrogen (secondary N) is 3. The van der Waals surface area contributed by atoms with Crippen molar-refractivity contribution in [2.24, 2.45) is 0 Å². The van der Waals surface area contributed by atoms with Gasteiger partial charge in [0.25, 0.3) is 5.91 Å². The van der Waals surface area contributed by atoms with Gasteiger partial charge in [0, 0.05) is 10.7 Å². The lowest BCUT2D eigenvalue weighted by molar-refractivity contribution is -0.132. The van der Waals surface area contributed by atoms with Crippen molar-refractivity contribution in [1.29, 1.82) is 0 Å². The number of amides is 5. The molecule has 0 aliphatic carbocycles. The summed E-state index contributed by atoms with van der Waals surface area (Å²) in [6.07, 6.45) is 0.422. The van der Waals surface area contributed by atoms with E-state index in [0.29, 0.717) is 22.1 Å². The molecule has 1 aromatic carbocycles. The minimum atomic E-state index is -1.000. The van der Waals surface area contributed by atoms with E-state index in [-0.39, 0.29) is 0 Å². The van der Waals surface area contributed by atoms with Crippen molar-refractivity contribution in [3.8, 4) is 0 Å². The number of hydrazine groups is 1. The Bertz CT molecular complexity index is 607. The lowest BCUT2D eigenvalue weighted by Crippen LogP contribution is -2.49. The van der Waals surface area contributed by atoms with Crippen molar-refractivity contribution < 1.29 is 14.4 Å². The van der Waals surface area contributed by atoms with Gasteiger partial charge in [-0.3, -0.25) is 4.79 Å². The number of carbonyl (C=O) groups excluding carboxylic acids is 3. The molecule has 8 heteroatoms. The summed E-state index contributed by atoms with van der Waals surface area (Å²) in [5.41, 5.74) is 1.66. The number of rotatable bonds is 3. The number of anilines is 1. The maximum Gasteiger partial charge on any atom is 0.344 e. The summed E-state index contributed by atoms with van der Waals surface area (Å²) in [4.78, 5) is 35.7. The summed E-state index contributed by atoms with van der Waals surface area (Å²) in [5.74, 6) is -0.503. The Balaban J connectivity index is 2.03. The first-order valence-electron chi connectivity index (χ1n) is 6.35. The first-order valence-corrected chi connectivity index (χ1v) is 6.73. The molecule has 5 amide bonds. The Morgan fingerprint density at radius 2 is 2.14 bits per heavy atom. The Morgan fingerprint density at radius 3 is 2.71 bits per heavy atom. The smallest absolute Gasteiger partial charge is 0.322 e. The van der Waals surface area contributed by atoms with Crippen LogP contribution in [0.1, 0.15) is 20.3 Å². The molecule has 3 N–H and O–H groups in total. The molecule has 21 heavy (non-hydrogen) atoms. The number of urea groups is 2. The molecule has 1 aliphatic heterocycles. The maximum atomic E-state index is 12.1. The molecule has 1 heterocycles. The van der Waals surface area contributed by atoms with Gasteiger partial charge in [0.05, 0.1) is 0 Å². The number of carbonyl (C=O) groups is 3. The lowest BCUT2D eigenvalue weighted by Gasteiger charge is -2.19. The van der Waals surface area contributed by atoms with Gasteiger partial charge in [-0.1, -0.05) is 24.6 Å². The molecule has 112 valence electrons. The topological polar surface area (TPSA) is 90.5 Å². The molecule has 0 spiro atoms. The van der Waals surface area contributed by atoms with Crippen LogP contribution in [-0.2, 0) is 4.79 Å². The van der Waals surface area contributed by atoms with E-state index >= 15 is 0 Å². The van der Waals surface area contributed by atoms with Crippen molar-refractivity contribution in [3.63, 3.8) is 0 Å². The van der Waals surface area contributed by atoms with E-state index in [9.17, 15) is 14.4 Å². The number of imide groups is 1. The minimum absolute atomic E-state index is 0.422. The predicted octanol–water partition coefficient (Wildman–Crippen LogP) is 2.10. The van der Waals surface area contributed by atoms with Gasteiger partial charge in [0.1, 0.15) is 5.54 Å². The van der Waals surface area contributed by atoms with Crippen LogP contribution < -0.4 is 16.1 Å². The Morgan fingerprint density at radius 1 is 1.43 bits per heavy atom. The second-order valence-electron chi connectivity index (χ2n) is 4.83. The number of hydrogen-bond donors (Lipinski definition) is 3. The highest BCUT2D eigenvalue weighted by Crippen LogP contribution is 2.19. The third-order valence-corrected chi connectivity index (χ3v) is 3.50. The standard InChI is InChI=1S/C13H15ClN4O3/c1-3-13(2)10(19)18(12(21)16-13)17-11(20)15-9-6-4-5-8(14)7-9/h4-7H,3H2,1-2H3,(H,16,21)(H2,15,17,20)/t13-/m0/s1. The summed E-state index contributed by atoms with van der Waals surface area (Å²) in [6, 6.07) is 5.14. The molecule has 0 aromatic heterocycles. The molecule has 7 nitrogen and oxygen atoms in total. The number of nitrogens with zero attached hydrogens (tertiary/aromatic N) is 1. The summed E-state index contributed by atoms with van der Waals surface area (Å²) in [7, 11) is 0. The molecular weight excluding hydrogens is 296 g/mol. The zero-order chi connectivity index (χ0) is 15.6. The SMILES string of the molecule is CC[C@]1(C)NC(=O)N(NC(=O)Nc2cccc(Cl)c2)C1=O. The van der Waals surface area contributed by atoms with Gasteiger partial charge in [-0.25, -0.2) is 15.0 Å². The Hall–Kier alpha value is -2.28. The molecule has 1 fully saturated rings. The molecule has 0 bridgehead atoms.